The van der Waals surface area contributed by atoms with Gasteiger partial charge in [-0.15, -0.1) is 0 Å². The Morgan fingerprint density at radius 1 is 0.513 bits per heavy atom. The van der Waals surface area contributed by atoms with Gasteiger partial charge in [-0.3, -0.25) is 0 Å². The minimum absolute atomic E-state index is 0.982. The number of aryl methyl sites for hydroxylation is 2. The van der Waals surface area contributed by atoms with Crippen LogP contribution in [0, 0.1) is 13.8 Å². The van der Waals surface area contributed by atoms with Crippen molar-refractivity contribution in [2.24, 2.45) is 0 Å². The van der Waals surface area contributed by atoms with E-state index >= 15 is 0 Å². The summed E-state index contributed by atoms with van der Waals surface area (Å²) in [5, 5.41) is 2.55. The quantitative estimate of drug-likeness (QED) is 0.235. The minimum atomic E-state index is 0.982. The second-order valence-electron chi connectivity index (χ2n) is 10.1. The lowest BCUT2D eigenvalue weighted by atomic mass is 9.91. The van der Waals surface area contributed by atoms with Crippen LogP contribution in [-0.2, 0) is 0 Å². The maximum Gasteiger partial charge on any atom is 0.0788 e. The van der Waals surface area contributed by atoms with E-state index in [9.17, 15) is 0 Å². The van der Waals surface area contributed by atoms with Crippen LogP contribution in [0.2, 0.25) is 0 Å². The molecule has 0 amide bonds. The predicted molar refractivity (Wildman–Crippen MR) is 164 cm³/mol. The minimum Gasteiger partial charge on any atom is -0.309 e. The van der Waals surface area contributed by atoms with Gasteiger partial charge in [0.15, 0.2) is 0 Å². The van der Waals surface area contributed by atoms with Gasteiger partial charge in [-0.2, -0.15) is 0 Å². The van der Waals surface area contributed by atoms with Crippen molar-refractivity contribution in [2.45, 2.75) is 13.8 Å². The third-order valence-electron chi connectivity index (χ3n) is 7.64. The lowest BCUT2D eigenvalue weighted by molar-refractivity contribution is 1.16. The van der Waals surface area contributed by atoms with Crippen LogP contribution >= 0.6 is 0 Å². The number of hydrogen-bond acceptors (Lipinski definition) is 1. The predicted octanol–water partition coefficient (Wildman–Crippen LogP) is 9.80. The van der Waals surface area contributed by atoms with Crippen molar-refractivity contribution < 1.29 is 0 Å². The van der Waals surface area contributed by atoms with Crippen LogP contribution in [0.15, 0.2) is 133 Å². The third kappa shape index (κ3) is 3.93. The SMILES string of the molecule is Cc1cc(-n2c3ccccc3c3ccccc32)cc(C)c1-c1ccc(-c2ccccc2)nc1-c1ccccc1. The highest BCUT2D eigenvalue weighted by molar-refractivity contribution is 6.09. The average Bonchev–Trinajstić information content (AvgIpc) is 3.32. The van der Waals surface area contributed by atoms with Crippen molar-refractivity contribution >= 4 is 21.8 Å². The molecule has 0 radical (unpaired) electrons. The van der Waals surface area contributed by atoms with Crippen LogP contribution in [0.25, 0.3) is 61.1 Å². The van der Waals surface area contributed by atoms with Gasteiger partial charge in [0.1, 0.15) is 0 Å². The number of para-hydroxylation sites is 2. The van der Waals surface area contributed by atoms with Crippen molar-refractivity contribution in [3.8, 4) is 39.3 Å². The molecule has 0 N–H and O–H groups in total. The molecule has 0 saturated carbocycles. The van der Waals surface area contributed by atoms with Crippen LogP contribution < -0.4 is 0 Å². The molecule has 0 aliphatic rings. The normalized spacial score (nSPS) is 11.3. The molecule has 186 valence electrons. The smallest absolute Gasteiger partial charge is 0.0788 e. The molecule has 0 spiro atoms. The van der Waals surface area contributed by atoms with E-state index in [1.807, 2.05) is 6.07 Å². The molecule has 39 heavy (non-hydrogen) atoms. The summed E-state index contributed by atoms with van der Waals surface area (Å²) in [6.45, 7) is 4.44. The van der Waals surface area contributed by atoms with Gasteiger partial charge in [0.25, 0.3) is 0 Å². The zero-order chi connectivity index (χ0) is 26.3. The van der Waals surface area contributed by atoms with Gasteiger partial charge < -0.3 is 4.57 Å². The molecule has 0 saturated heterocycles. The van der Waals surface area contributed by atoms with Crippen molar-refractivity contribution in [1.29, 1.82) is 0 Å². The van der Waals surface area contributed by atoms with E-state index in [2.05, 4.69) is 146 Å². The first-order chi connectivity index (χ1) is 19.2. The molecule has 0 atom stereocenters. The second-order valence-corrected chi connectivity index (χ2v) is 10.1. The Hall–Kier alpha value is -4.95. The van der Waals surface area contributed by atoms with Gasteiger partial charge in [0.05, 0.1) is 22.4 Å². The van der Waals surface area contributed by atoms with Crippen molar-refractivity contribution in [3.63, 3.8) is 0 Å². The van der Waals surface area contributed by atoms with E-state index in [1.54, 1.807) is 0 Å². The first kappa shape index (κ1) is 23.2. The summed E-state index contributed by atoms with van der Waals surface area (Å²) in [5.41, 5.74) is 12.7. The standard InChI is InChI=1S/C37H28N2/c1-25-23-29(39-34-19-11-9-17-30(34)31-18-10-12-20-35(31)39)24-26(2)36(25)32-21-22-33(27-13-5-3-6-14-27)38-37(32)28-15-7-4-8-16-28/h3-24H,1-2H3. The van der Waals surface area contributed by atoms with Gasteiger partial charge in [0.2, 0.25) is 0 Å². The average molecular weight is 501 g/mol. The Bertz CT molecular complexity index is 1890. The molecule has 0 aliphatic heterocycles. The lowest BCUT2D eigenvalue weighted by Gasteiger charge is -2.18. The summed E-state index contributed by atoms with van der Waals surface area (Å²) < 4.78 is 2.39. The Morgan fingerprint density at radius 2 is 1.03 bits per heavy atom. The van der Waals surface area contributed by atoms with Crippen LogP contribution in [0.4, 0.5) is 0 Å². The van der Waals surface area contributed by atoms with Crippen LogP contribution in [0.3, 0.4) is 0 Å². The van der Waals surface area contributed by atoms with Gasteiger partial charge >= 0.3 is 0 Å². The van der Waals surface area contributed by atoms with E-state index in [-0.39, 0.29) is 0 Å². The molecule has 7 aromatic rings. The van der Waals surface area contributed by atoms with Crippen LogP contribution in [-0.4, -0.2) is 9.55 Å². The first-order valence-corrected chi connectivity index (χ1v) is 13.4. The molecule has 0 unspecified atom stereocenters. The highest BCUT2D eigenvalue weighted by Gasteiger charge is 2.18. The largest absolute Gasteiger partial charge is 0.309 e. The third-order valence-corrected chi connectivity index (χ3v) is 7.64. The zero-order valence-electron chi connectivity index (χ0n) is 22.1. The fraction of sp³-hybridized carbons (Fsp3) is 0.0541. The lowest BCUT2D eigenvalue weighted by Crippen LogP contribution is -2.00. The van der Waals surface area contributed by atoms with Crippen molar-refractivity contribution in [2.75, 3.05) is 0 Å². The summed E-state index contributed by atoms with van der Waals surface area (Å²) in [6.07, 6.45) is 0. The van der Waals surface area contributed by atoms with E-state index in [4.69, 9.17) is 4.98 Å². The number of fused-ring (bicyclic) bond motifs is 3. The first-order valence-electron chi connectivity index (χ1n) is 13.4. The number of pyridine rings is 1. The summed E-state index contributed by atoms with van der Waals surface area (Å²) in [7, 11) is 0. The summed E-state index contributed by atoms with van der Waals surface area (Å²) >= 11 is 0. The van der Waals surface area contributed by atoms with Crippen molar-refractivity contribution in [1.82, 2.24) is 9.55 Å². The fourth-order valence-corrected chi connectivity index (χ4v) is 5.94. The Labute approximate surface area is 228 Å². The molecule has 7 rings (SSSR count). The highest BCUT2D eigenvalue weighted by Crippen LogP contribution is 2.39. The van der Waals surface area contributed by atoms with Gasteiger partial charge in [-0.1, -0.05) is 103 Å². The summed E-state index contributed by atoms with van der Waals surface area (Å²) in [6, 6.07) is 47.3. The Morgan fingerprint density at radius 3 is 1.62 bits per heavy atom. The molecule has 5 aromatic carbocycles. The van der Waals surface area contributed by atoms with E-state index in [1.165, 1.54) is 44.2 Å². The molecule has 0 aliphatic carbocycles. The van der Waals surface area contributed by atoms with Gasteiger partial charge in [-0.05, 0) is 60.9 Å². The molecule has 0 bridgehead atoms. The van der Waals surface area contributed by atoms with Crippen molar-refractivity contribution in [3.05, 3.63) is 145 Å². The highest BCUT2D eigenvalue weighted by atomic mass is 15.0. The molecule has 0 fully saturated rings. The monoisotopic (exact) mass is 500 g/mol. The maximum atomic E-state index is 5.22. The molecule has 2 nitrogen and oxygen atoms in total. The molecular weight excluding hydrogens is 472 g/mol. The Kier molecular flexibility index (Phi) is 5.60. The second kappa shape index (κ2) is 9.41. The molecule has 2 aromatic heterocycles. The number of nitrogens with zero attached hydrogens (tertiary/aromatic N) is 2. The van der Waals surface area contributed by atoms with Gasteiger partial charge in [0, 0.05) is 33.2 Å². The van der Waals surface area contributed by atoms with E-state index in [0.29, 0.717) is 0 Å². The van der Waals surface area contributed by atoms with E-state index < -0.39 is 0 Å². The zero-order valence-corrected chi connectivity index (χ0v) is 22.1. The molecule has 2 heterocycles. The van der Waals surface area contributed by atoms with Crippen LogP contribution in [0.5, 0.6) is 0 Å². The topological polar surface area (TPSA) is 17.8 Å². The maximum absolute atomic E-state index is 5.22. The fourth-order valence-electron chi connectivity index (χ4n) is 5.94. The van der Waals surface area contributed by atoms with Gasteiger partial charge in [-0.25, -0.2) is 4.98 Å². The summed E-state index contributed by atoms with van der Waals surface area (Å²) in [4.78, 5) is 5.22. The summed E-state index contributed by atoms with van der Waals surface area (Å²) in [5.74, 6) is 0. The van der Waals surface area contributed by atoms with Crippen LogP contribution in [0.1, 0.15) is 11.1 Å². The molecular formula is C37H28N2. The number of hydrogen-bond donors (Lipinski definition) is 0. The van der Waals surface area contributed by atoms with E-state index in [0.717, 1.165) is 28.1 Å². The number of benzene rings is 5. The molecule has 2 heteroatoms. The number of aromatic nitrogens is 2. The Balaban J connectivity index is 1.44. The number of rotatable bonds is 4.